The van der Waals surface area contributed by atoms with Gasteiger partial charge < -0.3 is 5.32 Å². The van der Waals surface area contributed by atoms with Crippen molar-refractivity contribution in [2.24, 2.45) is 0 Å². The van der Waals surface area contributed by atoms with Crippen LogP contribution in [0, 0.1) is 5.82 Å². The minimum atomic E-state index is -0.427. The van der Waals surface area contributed by atoms with Crippen molar-refractivity contribution in [1.29, 1.82) is 0 Å². The Kier molecular flexibility index (Phi) is 2.67. The van der Waals surface area contributed by atoms with Crippen LogP contribution in [-0.4, -0.2) is 18.2 Å². The number of anilines is 1. The lowest BCUT2D eigenvalue weighted by Gasteiger charge is -2.05. The zero-order valence-corrected chi connectivity index (χ0v) is 7.77. The molecular weight excluding hydrogens is 196 g/mol. The normalized spacial score (nSPS) is 10.2. The second-order valence-corrected chi connectivity index (χ2v) is 2.99. The summed E-state index contributed by atoms with van der Waals surface area (Å²) < 4.78 is 17.2. The zero-order chi connectivity index (χ0) is 10.7. The lowest BCUT2D eigenvalue weighted by molar-refractivity contribution is 0.303. The maximum atomic E-state index is 12.8. The summed E-state index contributed by atoms with van der Waals surface area (Å²) in [5.74, 6) is -0.427. The quantitative estimate of drug-likeness (QED) is 0.742. The molecule has 0 aliphatic heterocycles. The SMILES string of the molecule is [B]c1cc(NCc2cnon2)ccc1F. The van der Waals surface area contributed by atoms with Gasteiger partial charge in [-0.25, -0.2) is 9.02 Å². The predicted octanol–water partition coefficient (Wildman–Crippen LogP) is 0.615. The standard InChI is InChI=1S/C9H7BFN3O/c10-8-3-6(1-2-9(8)11)12-4-7-5-13-15-14-7/h1-3,5,12H,4H2. The summed E-state index contributed by atoms with van der Waals surface area (Å²) in [7, 11) is 5.41. The van der Waals surface area contributed by atoms with E-state index in [0.717, 1.165) is 5.69 Å². The maximum absolute atomic E-state index is 12.8. The summed E-state index contributed by atoms with van der Waals surface area (Å²) in [6.45, 7) is 0.453. The summed E-state index contributed by atoms with van der Waals surface area (Å²) in [5.41, 5.74) is 1.49. The summed E-state index contributed by atoms with van der Waals surface area (Å²) in [6, 6.07) is 4.42. The molecule has 0 amide bonds. The van der Waals surface area contributed by atoms with E-state index in [9.17, 15) is 4.39 Å². The van der Waals surface area contributed by atoms with Crippen molar-refractivity contribution in [3.63, 3.8) is 0 Å². The largest absolute Gasteiger partial charge is 0.379 e. The Morgan fingerprint density at radius 2 is 2.33 bits per heavy atom. The van der Waals surface area contributed by atoms with Gasteiger partial charge in [0.2, 0.25) is 0 Å². The second-order valence-electron chi connectivity index (χ2n) is 2.99. The van der Waals surface area contributed by atoms with Crippen LogP contribution in [0.4, 0.5) is 10.1 Å². The van der Waals surface area contributed by atoms with Crippen LogP contribution in [0.3, 0.4) is 0 Å². The Morgan fingerprint density at radius 1 is 1.47 bits per heavy atom. The van der Waals surface area contributed by atoms with Gasteiger partial charge >= 0.3 is 0 Å². The van der Waals surface area contributed by atoms with Gasteiger partial charge in [0.05, 0.1) is 12.7 Å². The van der Waals surface area contributed by atoms with Crippen molar-refractivity contribution >= 4 is 19.0 Å². The monoisotopic (exact) mass is 203 g/mol. The molecule has 15 heavy (non-hydrogen) atoms. The van der Waals surface area contributed by atoms with Crippen molar-refractivity contribution in [2.75, 3.05) is 5.32 Å². The van der Waals surface area contributed by atoms with Crippen LogP contribution >= 0.6 is 0 Å². The van der Waals surface area contributed by atoms with Crippen LogP contribution in [-0.2, 0) is 6.54 Å². The fourth-order valence-corrected chi connectivity index (χ4v) is 1.11. The van der Waals surface area contributed by atoms with E-state index in [1.165, 1.54) is 18.3 Å². The molecule has 0 fully saturated rings. The predicted molar refractivity (Wildman–Crippen MR) is 53.4 cm³/mol. The van der Waals surface area contributed by atoms with Gasteiger partial charge in [0.1, 0.15) is 19.4 Å². The third kappa shape index (κ3) is 2.34. The molecule has 0 bridgehead atoms. The average molecular weight is 203 g/mol. The first-order valence-corrected chi connectivity index (χ1v) is 4.31. The second kappa shape index (κ2) is 4.12. The van der Waals surface area contributed by atoms with E-state index in [1.54, 1.807) is 6.07 Å². The molecule has 1 heterocycles. The Morgan fingerprint density at radius 3 is 3.00 bits per heavy atom. The average Bonchev–Trinajstić information content (AvgIpc) is 2.73. The number of nitrogens with one attached hydrogen (secondary N) is 1. The molecule has 0 aliphatic rings. The van der Waals surface area contributed by atoms with E-state index in [0.29, 0.717) is 12.2 Å². The fourth-order valence-electron chi connectivity index (χ4n) is 1.11. The highest BCUT2D eigenvalue weighted by Gasteiger charge is 2.00. The highest BCUT2D eigenvalue weighted by molar-refractivity contribution is 6.32. The van der Waals surface area contributed by atoms with E-state index in [4.69, 9.17) is 7.85 Å². The fraction of sp³-hybridized carbons (Fsp3) is 0.111. The van der Waals surface area contributed by atoms with Crippen LogP contribution in [0.5, 0.6) is 0 Å². The Hall–Kier alpha value is -1.85. The molecule has 1 aromatic heterocycles. The molecule has 4 nitrogen and oxygen atoms in total. The lowest BCUT2D eigenvalue weighted by atomic mass is 9.95. The minimum Gasteiger partial charge on any atom is -0.379 e. The van der Waals surface area contributed by atoms with Gasteiger partial charge in [-0.1, -0.05) is 15.8 Å². The smallest absolute Gasteiger partial charge is 0.124 e. The summed E-state index contributed by atoms with van der Waals surface area (Å²) >= 11 is 0. The number of halogens is 1. The molecule has 6 heteroatoms. The van der Waals surface area contributed by atoms with Crippen molar-refractivity contribution in [1.82, 2.24) is 10.3 Å². The van der Waals surface area contributed by atoms with Crippen LogP contribution in [0.2, 0.25) is 0 Å². The molecule has 1 aromatic carbocycles. The Labute approximate surface area is 86.9 Å². The van der Waals surface area contributed by atoms with Crippen molar-refractivity contribution in [3.8, 4) is 0 Å². The minimum absolute atomic E-state index is 0.110. The molecule has 0 aliphatic carbocycles. The molecule has 1 N–H and O–H groups in total. The topological polar surface area (TPSA) is 51.0 Å². The molecule has 2 aromatic rings. The first-order valence-electron chi connectivity index (χ1n) is 4.31. The third-order valence-electron chi connectivity index (χ3n) is 1.88. The van der Waals surface area contributed by atoms with Crippen LogP contribution in [0.25, 0.3) is 0 Å². The van der Waals surface area contributed by atoms with Gasteiger partial charge in [0, 0.05) is 5.69 Å². The third-order valence-corrected chi connectivity index (χ3v) is 1.88. The molecule has 0 saturated heterocycles. The van der Waals surface area contributed by atoms with Gasteiger partial charge in [-0.05, 0) is 18.2 Å². The van der Waals surface area contributed by atoms with Gasteiger partial charge in [0.15, 0.2) is 0 Å². The van der Waals surface area contributed by atoms with Gasteiger partial charge in [-0.15, -0.1) is 0 Å². The van der Waals surface area contributed by atoms with Crippen LogP contribution in [0.15, 0.2) is 29.0 Å². The van der Waals surface area contributed by atoms with Crippen molar-refractivity contribution in [2.45, 2.75) is 6.54 Å². The van der Waals surface area contributed by atoms with E-state index >= 15 is 0 Å². The molecule has 2 radical (unpaired) electrons. The van der Waals surface area contributed by atoms with E-state index in [2.05, 4.69) is 20.3 Å². The number of aromatic nitrogens is 2. The lowest BCUT2D eigenvalue weighted by Crippen LogP contribution is -2.10. The summed E-state index contributed by atoms with van der Waals surface area (Å²) in [4.78, 5) is 0. The van der Waals surface area contributed by atoms with Gasteiger partial charge in [-0.3, -0.25) is 0 Å². The first kappa shape index (κ1) is 9.70. The summed E-state index contributed by atoms with van der Waals surface area (Å²) in [5, 5.41) is 10.1. The number of rotatable bonds is 3. The van der Waals surface area contributed by atoms with Gasteiger partial charge in [-0.2, -0.15) is 0 Å². The maximum Gasteiger partial charge on any atom is 0.124 e. The molecular formula is C9H7BFN3O. The summed E-state index contributed by atoms with van der Waals surface area (Å²) in [6.07, 6.45) is 1.50. The molecule has 0 spiro atoms. The highest BCUT2D eigenvalue weighted by Crippen LogP contribution is 2.07. The van der Waals surface area contributed by atoms with Crippen molar-refractivity contribution in [3.05, 3.63) is 35.9 Å². The number of nitrogens with zero attached hydrogens (tertiary/aromatic N) is 2. The number of benzene rings is 1. The van der Waals surface area contributed by atoms with Crippen molar-refractivity contribution < 1.29 is 9.02 Å². The molecule has 0 unspecified atom stereocenters. The van der Waals surface area contributed by atoms with E-state index < -0.39 is 5.82 Å². The zero-order valence-electron chi connectivity index (χ0n) is 7.77. The molecule has 2 rings (SSSR count). The highest BCUT2D eigenvalue weighted by atomic mass is 19.1. The Bertz CT molecular complexity index is 447. The number of hydrogen-bond donors (Lipinski definition) is 1. The Balaban J connectivity index is 2.02. The van der Waals surface area contributed by atoms with E-state index in [-0.39, 0.29) is 5.46 Å². The first-order chi connectivity index (χ1) is 7.25. The molecule has 74 valence electrons. The van der Waals surface area contributed by atoms with E-state index in [1.807, 2.05) is 0 Å². The molecule has 0 saturated carbocycles. The molecule has 0 atom stereocenters. The van der Waals surface area contributed by atoms with Crippen LogP contribution < -0.4 is 10.8 Å². The van der Waals surface area contributed by atoms with Gasteiger partial charge in [0.25, 0.3) is 0 Å². The number of hydrogen-bond acceptors (Lipinski definition) is 4. The van der Waals surface area contributed by atoms with Crippen LogP contribution in [0.1, 0.15) is 5.69 Å².